The molecule has 7 nitrogen and oxygen atoms in total. The van der Waals surface area contributed by atoms with Crippen LogP contribution < -0.4 is 10.2 Å². The lowest BCUT2D eigenvalue weighted by atomic mass is 9.84. The van der Waals surface area contributed by atoms with Crippen LogP contribution in [0.25, 0.3) is 0 Å². The maximum absolute atomic E-state index is 13.0. The molecule has 0 saturated heterocycles. The summed E-state index contributed by atoms with van der Waals surface area (Å²) in [6, 6.07) is 3.35. The molecule has 1 aliphatic heterocycles. The minimum absolute atomic E-state index is 0.0331. The van der Waals surface area contributed by atoms with Crippen LogP contribution in [0.1, 0.15) is 63.4 Å². The molecule has 2 amide bonds. The average Bonchev–Trinajstić information content (AvgIpc) is 3.33. The van der Waals surface area contributed by atoms with Crippen molar-refractivity contribution in [1.82, 2.24) is 0 Å². The Bertz CT molecular complexity index is 818. The van der Waals surface area contributed by atoms with Gasteiger partial charge in [0.2, 0.25) is 5.91 Å². The molecule has 2 aliphatic rings. The Balaban J connectivity index is 2.11. The molecule has 1 saturated carbocycles. The van der Waals surface area contributed by atoms with E-state index in [1.807, 2.05) is 13.8 Å². The highest BCUT2D eigenvalue weighted by Gasteiger charge is 2.50. The van der Waals surface area contributed by atoms with Crippen molar-refractivity contribution in [3.05, 3.63) is 23.3 Å². The first-order valence-electron chi connectivity index (χ1n) is 9.06. The van der Waals surface area contributed by atoms with Gasteiger partial charge in [0.1, 0.15) is 5.60 Å². The maximum Gasteiger partial charge on any atom is 0.412 e. The van der Waals surface area contributed by atoms with E-state index in [-0.39, 0.29) is 17.5 Å². The fourth-order valence-electron chi connectivity index (χ4n) is 3.43. The molecule has 0 aromatic heterocycles. The minimum Gasteiger partial charge on any atom is -0.465 e. The van der Waals surface area contributed by atoms with Crippen molar-refractivity contribution in [2.75, 3.05) is 17.3 Å². The van der Waals surface area contributed by atoms with Crippen molar-refractivity contribution in [3.8, 4) is 0 Å². The molecule has 7 heteroatoms. The Kier molecular flexibility index (Phi) is 4.44. The van der Waals surface area contributed by atoms with Gasteiger partial charge in [-0.05, 0) is 59.6 Å². The molecule has 0 spiro atoms. The van der Waals surface area contributed by atoms with Crippen molar-refractivity contribution >= 4 is 29.3 Å². The molecule has 0 atom stereocenters. The number of carbonyl (C=O) groups is 3. The summed E-state index contributed by atoms with van der Waals surface area (Å²) in [4.78, 5) is 39.3. The molecule has 1 heterocycles. The number of nitrogens with one attached hydrogen (secondary N) is 1. The molecule has 1 fully saturated rings. The fourth-order valence-corrected chi connectivity index (χ4v) is 3.43. The largest absolute Gasteiger partial charge is 0.465 e. The Hall–Kier alpha value is -2.57. The van der Waals surface area contributed by atoms with Crippen LogP contribution in [0.2, 0.25) is 0 Å². The third-order valence-electron chi connectivity index (χ3n) is 4.72. The molecule has 146 valence electrons. The lowest BCUT2D eigenvalue weighted by molar-refractivity contribution is -0.122. The van der Waals surface area contributed by atoms with Gasteiger partial charge in [0.05, 0.1) is 29.5 Å². The molecule has 1 aromatic rings. The predicted octanol–water partition coefficient (Wildman–Crippen LogP) is 3.61. The quantitative estimate of drug-likeness (QED) is 0.817. The van der Waals surface area contributed by atoms with Crippen LogP contribution in [-0.2, 0) is 19.7 Å². The van der Waals surface area contributed by atoms with Crippen molar-refractivity contribution in [3.63, 3.8) is 0 Å². The van der Waals surface area contributed by atoms with Crippen LogP contribution in [0.4, 0.5) is 16.2 Å². The molecule has 0 bridgehead atoms. The van der Waals surface area contributed by atoms with E-state index in [2.05, 4.69) is 5.32 Å². The Morgan fingerprint density at radius 2 is 1.85 bits per heavy atom. The minimum atomic E-state index is -0.823. The van der Waals surface area contributed by atoms with E-state index in [9.17, 15) is 14.4 Å². The van der Waals surface area contributed by atoms with Crippen LogP contribution in [-0.4, -0.2) is 36.7 Å². The summed E-state index contributed by atoms with van der Waals surface area (Å²) < 4.78 is 10.2. The summed E-state index contributed by atoms with van der Waals surface area (Å²) >= 11 is 0. The summed E-state index contributed by atoms with van der Waals surface area (Å²) in [5, 5.41) is 2.73. The van der Waals surface area contributed by atoms with Crippen LogP contribution in [0.3, 0.4) is 0 Å². The second-order valence-electron chi connectivity index (χ2n) is 8.57. The number of ether oxygens (including phenoxy) is 2. The van der Waals surface area contributed by atoms with Gasteiger partial charge in [-0.3, -0.25) is 10.1 Å². The van der Waals surface area contributed by atoms with Crippen LogP contribution >= 0.6 is 0 Å². The smallest absolute Gasteiger partial charge is 0.412 e. The Labute approximate surface area is 159 Å². The molecule has 1 aliphatic carbocycles. The van der Waals surface area contributed by atoms with Crippen LogP contribution in [0.5, 0.6) is 0 Å². The second kappa shape index (κ2) is 6.25. The van der Waals surface area contributed by atoms with Gasteiger partial charge >= 0.3 is 12.1 Å². The van der Waals surface area contributed by atoms with E-state index in [4.69, 9.17) is 9.47 Å². The van der Waals surface area contributed by atoms with E-state index in [1.165, 1.54) is 7.11 Å². The predicted molar refractivity (Wildman–Crippen MR) is 101 cm³/mol. The monoisotopic (exact) mass is 374 g/mol. The average molecular weight is 374 g/mol. The SMILES string of the molecule is COC(=O)c1cc(NC(=O)OC(C)(C)C)c2c(c1)N(C1CC1)C(=O)C2(C)C. The first kappa shape index (κ1) is 19.2. The number of methoxy groups -OCH3 is 1. The highest BCUT2D eigenvalue weighted by atomic mass is 16.6. The van der Waals surface area contributed by atoms with E-state index in [1.54, 1.807) is 37.8 Å². The number of hydrogen-bond acceptors (Lipinski definition) is 5. The molecule has 0 radical (unpaired) electrons. The molecular weight excluding hydrogens is 348 g/mol. The number of carbonyl (C=O) groups excluding carboxylic acids is 3. The molecule has 0 unspecified atom stereocenters. The first-order valence-corrected chi connectivity index (χ1v) is 9.06. The highest BCUT2D eigenvalue weighted by Crippen LogP contribution is 2.50. The number of hydrogen-bond donors (Lipinski definition) is 1. The summed E-state index contributed by atoms with van der Waals surface area (Å²) in [7, 11) is 1.30. The van der Waals surface area contributed by atoms with Gasteiger partial charge in [0, 0.05) is 11.6 Å². The normalized spacial score (nSPS) is 18.1. The summed E-state index contributed by atoms with van der Waals surface area (Å²) in [6.45, 7) is 8.96. The number of amides is 2. The zero-order valence-electron chi connectivity index (χ0n) is 16.6. The third-order valence-corrected chi connectivity index (χ3v) is 4.72. The number of fused-ring (bicyclic) bond motifs is 1. The standard InChI is InChI=1S/C20H26N2O5/c1-19(2,3)27-18(25)21-13-9-11(16(23)26-6)10-14-15(13)20(4,5)17(24)22(14)12-7-8-12/h9-10,12H,7-8H2,1-6H3,(H,21,25). The zero-order chi connectivity index (χ0) is 20.1. The maximum atomic E-state index is 13.0. The van der Waals surface area contributed by atoms with Crippen LogP contribution in [0.15, 0.2) is 12.1 Å². The summed E-state index contributed by atoms with van der Waals surface area (Å²) in [6.07, 6.45) is 1.22. The number of rotatable bonds is 3. The van der Waals surface area contributed by atoms with Gasteiger partial charge in [0.25, 0.3) is 0 Å². The van der Waals surface area contributed by atoms with Crippen molar-refractivity contribution < 1.29 is 23.9 Å². The molecule has 3 rings (SSSR count). The number of nitrogens with zero attached hydrogens (tertiary/aromatic N) is 1. The van der Waals surface area contributed by atoms with E-state index in [0.29, 0.717) is 16.9 Å². The molecular formula is C20H26N2O5. The zero-order valence-corrected chi connectivity index (χ0v) is 16.6. The molecule has 27 heavy (non-hydrogen) atoms. The third kappa shape index (κ3) is 3.50. The molecule has 1 N–H and O–H groups in total. The van der Waals surface area contributed by atoms with Crippen molar-refractivity contribution in [1.29, 1.82) is 0 Å². The van der Waals surface area contributed by atoms with Gasteiger partial charge in [-0.15, -0.1) is 0 Å². The van der Waals surface area contributed by atoms with E-state index in [0.717, 1.165) is 12.8 Å². The summed E-state index contributed by atoms with van der Waals surface area (Å²) in [5.74, 6) is -0.563. The van der Waals surface area contributed by atoms with Gasteiger partial charge in [-0.2, -0.15) is 0 Å². The van der Waals surface area contributed by atoms with E-state index < -0.39 is 23.1 Å². The first-order chi connectivity index (χ1) is 12.5. The lowest BCUT2D eigenvalue weighted by Crippen LogP contribution is -2.37. The van der Waals surface area contributed by atoms with Crippen molar-refractivity contribution in [2.45, 2.75) is 64.5 Å². The Morgan fingerprint density at radius 3 is 2.37 bits per heavy atom. The number of esters is 1. The second-order valence-corrected chi connectivity index (χ2v) is 8.57. The lowest BCUT2D eigenvalue weighted by Gasteiger charge is -2.23. The number of benzene rings is 1. The fraction of sp³-hybridized carbons (Fsp3) is 0.550. The topological polar surface area (TPSA) is 84.9 Å². The van der Waals surface area contributed by atoms with Gasteiger partial charge < -0.3 is 14.4 Å². The van der Waals surface area contributed by atoms with Crippen molar-refractivity contribution in [2.24, 2.45) is 0 Å². The summed E-state index contributed by atoms with van der Waals surface area (Å²) in [5.41, 5.74) is 0.525. The highest BCUT2D eigenvalue weighted by molar-refractivity contribution is 6.12. The van der Waals surface area contributed by atoms with Gasteiger partial charge in [-0.1, -0.05) is 0 Å². The van der Waals surface area contributed by atoms with E-state index >= 15 is 0 Å². The molecule has 1 aromatic carbocycles. The van der Waals surface area contributed by atoms with Gasteiger partial charge in [0.15, 0.2) is 0 Å². The number of anilines is 2. The van der Waals surface area contributed by atoms with Gasteiger partial charge in [-0.25, -0.2) is 9.59 Å². The van der Waals surface area contributed by atoms with Crippen LogP contribution in [0, 0.1) is 0 Å². The Morgan fingerprint density at radius 1 is 1.22 bits per heavy atom.